The molecule has 0 saturated heterocycles. The number of amides is 1. The fraction of sp³-hybridized carbons (Fsp3) is 0.316. The van der Waals surface area contributed by atoms with Crippen molar-refractivity contribution in [2.24, 2.45) is 0 Å². The van der Waals surface area contributed by atoms with Crippen LogP contribution in [0.5, 0.6) is 11.5 Å². The van der Waals surface area contributed by atoms with Crippen molar-refractivity contribution < 1.29 is 23.0 Å². The van der Waals surface area contributed by atoms with E-state index in [1.54, 1.807) is 39.2 Å². The summed E-state index contributed by atoms with van der Waals surface area (Å²) in [6, 6.07) is 8.28. The lowest BCUT2D eigenvalue weighted by Crippen LogP contribution is -2.39. The molecular weight excluding hydrogens is 342 g/mol. The van der Waals surface area contributed by atoms with Gasteiger partial charge in [-0.2, -0.15) is 0 Å². The zero-order chi connectivity index (χ0) is 19.3. The normalized spacial score (nSPS) is 12.0. The highest BCUT2D eigenvalue weighted by molar-refractivity contribution is 5.94. The Morgan fingerprint density at radius 1 is 1.12 bits per heavy atom. The topological polar surface area (TPSA) is 50.8 Å². The van der Waals surface area contributed by atoms with E-state index in [2.05, 4.69) is 5.32 Å². The van der Waals surface area contributed by atoms with E-state index >= 15 is 0 Å². The molecule has 0 spiro atoms. The number of nitrogens with zero attached hydrogens (tertiary/aromatic N) is 1. The lowest BCUT2D eigenvalue weighted by molar-refractivity contribution is -0.120. The van der Waals surface area contributed by atoms with Crippen LogP contribution in [0.1, 0.15) is 12.5 Å². The molecule has 7 heteroatoms. The number of ether oxygens (including phenoxy) is 2. The van der Waals surface area contributed by atoms with E-state index in [9.17, 15) is 13.6 Å². The van der Waals surface area contributed by atoms with E-state index < -0.39 is 29.3 Å². The van der Waals surface area contributed by atoms with Gasteiger partial charge in [-0.1, -0.05) is 12.1 Å². The molecule has 1 N–H and O–H groups in total. The van der Waals surface area contributed by atoms with Crippen molar-refractivity contribution in [1.82, 2.24) is 4.90 Å². The molecule has 0 aliphatic rings. The van der Waals surface area contributed by atoms with E-state index in [4.69, 9.17) is 9.47 Å². The van der Waals surface area contributed by atoms with Crippen LogP contribution in [0.4, 0.5) is 14.5 Å². The molecule has 0 bridgehead atoms. The molecule has 1 unspecified atom stereocenters. The van der Waals surface area contributed by atoms with Gasteiger partial charge < -0.3 is 14.8 Å². The van der Waals surface area contributed by atoms with Crippen molar-refractivity contribution in [1.29, 1.82) is 0 Å². The van der Waals surface area contributed by atoms with E-state index in [0.717, 1.165) is 17.7 Å². The highest BCUT2D eigenvalue weighted by Gasteiger charge is 2.21. The predicted octanol–water partition coefficient (Wildman–Crippen LogP) is 3.44. The number of hydrogen-bond donors (Lipinski definition) is 1. The minimum Gasteiger partial charge on any atom is -0.493 e. The second-order valence-electron chi connectivity index (χ2n) is 5.87. The fourth-order valence-electron chi connectivity index (χ4n) is 2.45. The highest BCUT2D eigenvalue weighted by atomic mass is 19.1. The van der Waals surface area contributed by atoms with Gasteiger partial charge in [0.15, 0.2) is 11.5 Å². The highest BCUT2D eigenvalue weighted by Crippen LogP contribution is 2.28. The van der Waals surface area contributed by atoms with Crippen LogP contribution < -0.4 is 14.8 Å². The number of hydrogen-bond acceptors (Lipinski definition) is 4. The Labute approximate surface area is 151 Å². The average molecular weight is 364 g/mol. The molecule has 0 saturated carbocycles. The monoisotopic (exact) mass is 364 g/mol. The molecule has 0 aliphatic carbocycles. The molecule has 0 radical (unpaired) electrons. The van der Waals surface area contributed by atoms with Crippen molar-refractivity contribution in [2.75, 3.05) is 26.6 Å². The summed E-state index contributed by atoms with van der Waals surface area (Å²) < 4.78 is 37.8. The van der Waals surface area contributed by atoms with Crippen molar-refractivity contribution in [3.8, 4) is 11.5 Å². The lowest BCUT2D eigenvalue weighted by atomic mass is 10.1. The summed E-state index contributed by atoms with van der Waals surface area (Å²) >= 11 is 0. The molecule has 1 atom stereocenters. The van der Waals surface area contributed by atoms with Crippen molar-refractivity contribution in [2.45, 2.75) is 19.5 Å². The third-order valence-electron chi connectivity index (χ3n) is 4.13. The van der Waals surface area contributed by atoms with Gasteiger partial charge in [-0.25, -0.2) is 8.78 Å². The molecule has 26 heavy (non-hydrogen) atoms. The summed E-state index contributed by atoms with van der Waals surface area (Å²) in [7, 11) is 4.85. The second kappa shape index (κ2) is 8.62. The Morgan fingerprint density at radius 2 is 1.73 bits per heavy atom. The standard InChI is InChI=1S/C19H22F2N2O3/c1-12(19(24)22-18-14(20)6-5-7-15(18)21)23(2)11-13-8-9-16(25-3)17(10-13)26-4/h5-10,12H,11H2,1-4H3,(H,22,24). The number of anilines is 1. The number of methoxy groups -OCH3 is 2. The summed E-state index contributed by atoms with van der Waals surface area (Å²) in [5.41, 5.74) is 0.464. The first-order valence-corrected chi connectivity index (χ1v) is 8.03. The lowest BCUT2D eigenvalue weighted by Gasteiger charge is -2.24. The Morgan fingerprint density at radius 3 is 2.31 bits per heavy atom. The van der Waals surface area contributed by atoms with E-state index in [1.165, 1.54) is 6.07 Å². The number of rotatable bonds is 7. The minimum atomic E-state index is -0.812. The summed E-state index contributed by atoms with van der Waals surface area (Å²) in [5, 5.41) is 2.31. The Balaban J connectivity index is 2.07. The number of nitrogens with one attached hydrogen (secondary N) is 1. The van der Waals surface area contributed by atoms with Gasteiger partial charge in [0.05, 0.1) is 20.3 Å². The molecular formula is C19H22F2N2O3. The summed E-state index contributed by atoms with van der Waals surface area (Å²) in [6.07, 6.45) is 0. The number of para-hydroxylation sites is 1. The number of carbonyl (C=O) groups is 1. The van der Waals surface area contributed by atoms with Gasteiger partial charge in [-0.15, -0.1) is 0 Å². The molecule has 0 fully saturated rings. The van der Waals surface area contributed by atoms with E-state index in [0.29, 0.717) is 18.0 Å². The Kier molecular flexibility index (Phi) is 6.52. The average Bonchev–Trinajstić information content (AvgIpc) is 2.63. The molecule has 5 nitrogen and oxygen atoms in total. The van der Waals surface area contributed by atoms with Gasteiger partial charge >= 0.3 is 0 Å². The molecule has 0 aromatic heterocycles. The van der Waals surface area contributed by atoms with Crippen LogP contribution in [0.2, 0.25) is 0 Å². The Bertz CT molecular complexity index is 763. The molecule has 0 heterocycles. The SMILES string of the molecule is COc1ccc(CN(C)C(C)C(=O)Nc2c(F)cccc2F)cc1OC. The quantitative estimate of drug-likeness (QED) is 0.818. The Hall–Kier alpha value is -2.67. The summed E-state index contributed by atoms with van der Waals surface area (Å²) in [6.45, 7) is 2.10. The summed E-state index contributed by atoms with van der Waals surface area (Å²) in [4.78, 5) is 14.1. The van der Waals surface area contributed by atoms with Gasteiger partial charge in [0.2, 0.25) is 5.91 Å². The smallest absolute Gasteiger partial charge is 0.241 e. The van der Waals surface area contributed by atoms with Crippen molar-refractivity contribution in [3.63, 3.8) is 0 Å². The van der Waals surface area contributed by atoms with Gasteiger partial charge in [-0.05, 0) is 43.8 Å². The van der Waals surface area contributed by atoms with Crippen LogP contribution in [-0.4, -0.2) is 38.1 Å². The molecule has 2 aromatic rings. The van der Waals surface area contributed by atoms with Crippen LogP contribution >= 0.6 is 0 Å². The van der Waals surface area contributed by atoms with Crippen LogP contribution in [0.25, 0.3) is 0 Å². The molecule has 0 aliphatic heterocycles. The number of carbonyl (C=O) groups excluding carboxylic acids is 1. The first kappa shape index (κ1) is 19.7. The predicted molar refractivity (Wildman–Crippen MR) is 95.5 cm³/mol. The zero-order valence-electron chi connectivity index (χ0n) is 15.2. The van der Waals surface area contributed by atoms with E-state index in [1.807, 2.05) is 12.1 Å². The van der Waals surface area contributed by atoms with Gasteiger partial charge in [0, 0.05) is 6.54 Å². The van der Waals surface area contributed by atoms with Gasteiger partial charge in [-0.3, -0.25) is 9.69 Å². The fourth-order valence-corrected chi connectivity index (χ4v) is 2.45. The largest absolute Gasteiger partial charge is 0.493 e. The third-order valence-corrected chi connectivity index (χ3v) is 4.13. The summed E-state index contributed by atoms with van der Waals surface area (Å²) in [5.74, 6) is -0.929. The van der Waals surface area contributed by atoms with Crippen molar-refractivity contribution >= 4 is 11.6 Å². The molecule has 2 rings (SSSR count). The minimum absolute atomic E-state index is 0.439. The van der Waals surface area contributed by atoms with Crippen LogP contribution in [0.15, 0.2) is 36.4 Å². The van der Waals surface area contributed by atoms with Crippen molar-refractivity contribution in [3.05, 3.63) is 53.6 Å². The maximum absolute atomic E-state index is 13.7. The van der Waals surface area contributed by atoms with E-state index in [-0.39, 0.29) is 0 Å². The first-order chi connectivity index (χ1) is 12.4. The molecule has 2 aromatic carbocycles. The van der Waals surface area contributed by atoms with Crippen LogP contribution in [0, 0.1) is 11.6 Å². The third kappa shape index (κ3) is 4.49. The number of halogens is 2. The zero-order valence-corrected chi connectivity index (χ0v) is 15.2. The maximum atomic E-state index is 13.7. The molecule has 140 valence electrons. The maximum Gasteiger partial charge on any atom is 0.241 e. The number of benzene rings is 2. The van der Waals surface area contributed by atoms with Crippen LogP contribution in [0.3, 0.4) is 0 Å². The first-order valence-electron chi connectivity index (χ1n) is 8.03. The molecule has 1 amide bonds. The van der Waals surface area contributed by atoms with Gasteiger partial charge in [0.1, 0.15) is 17.3 Å². The second-order valence-corrected chi connectivity index (χ2v) is 5.87. The van der Waals surface area contributed by atoms with Gasteiger partial charge in [0.25, 0.3) is 0 Å². The van der Waals surface area contributed by atoms with Crippen LogP contribution in [-0.2, 0) is 11.3 Å². The number of likely N-dealkylation sites (N-methyl/N-ethyl adjacent to an activating group) is 1.